The van der Waals surface area contributed by atoms with Gasteiger partial charge in [0.1, 0.15) is 5.69 Å². The largest absolute Gasteiger partial charge is 0.344 e. The Bertz CT molecular complexity index is 1370. The summed E-state index contributed by atoms with van der Waals surface area (Å²) in [7, 11) is 0. The number of rotatable bonds is 9. The molecule has 0 fully saturated rings. The van der Waals surface area contributed by atoms with Crippen molar-refractivity contribution in [2.24, 2.45) is 5.92 Å². The number of carbonyl (C=O) groups excluding carboxylic acids is 1. The van der Waals surface area contributed by atoms with Crippen LogP contribution in [0.25, 0.3) is 0 Å². The Morgan fingerprint density at radius 1 is 0.868 bits per heavy atom. The second-order valence-electron chi connectivity index (χ2n) is 10.9. The molecule has 5 rings (SSSR count). The molecule has 0 aliphatic carbocycles. The number of benzene rings is 3. The second kappa shape index (κ2) is 11.2. The van der Waals surface area contributed by atoms with E-state index >= 15 is 0 Å². The molecule has 3 nitrogen and oxygen atoms in total. The first kappa shape index (κ1) is 25.7. The average molecular weight is 501 g/mol. The first-order chi connectivity index (χ1) is 18.5. The third-order valence-corrected chi connectivity index (χ3v) is 7.55. The average Bonchev–Trinajstić information content (AvgIpc) is 3.16. The fourth-order valence-electron chi connectivity index (χ4n) is 5.67. The topological polar surface area (TPSA) is 33.2 Å². The van der Waals surface area contributed by atoms with Gasteiger partial charge >= 0.3 is 0 Å². The van der Waals surface area contributed by atoms with Crippen LogP contribution in [0.1, 0.15) is 53.0 Å². The van der Waals surface area contributed by atoms with Gasteiger partial charge in [0.25, 0.3) is 0 Å². The van der Waals surface area contributed by atoms with Crippen molar-refractivity contribution in [3.63, 3.8) is 0 Å². The van der Waals surface area contributed by atoms with Crippen molar-refractivity contribution in [1.29, 1.82) is 0 Å². The Kier molecular flexibility index (Phi) is 7.55. The van der Waals surface area contributed by atoms with E-state index in [1.807, 2.05) is 18.2 Å². The number of allylic oxidation sites excluding steroid dienone is 2. The Labute approximate surface area is 226 Å². The molecule has 38 heavy (non-hydrogen) atoms. The van der Waals surface area contributed by atoms with Gasteiger partial charge in [-0.2, -0.15) is 0 Å². The normalized spacial score (nSPS) is 15.2. The summed E-state index contributed by atoms with van der Waals surface area (Å²) in [5, 5.41) is 0. The molecule has 0 bridgehead atoms. The van der Waals surface area contributed by atoms with E-state index in [2.05, 4.69) is 110 Å². The summed E-state index contributed by atoms with van der Waals surface area (Å²) in [6.07, 6.45) is 6.21. The van der Waals surface area contributed by atoms with Crippen LogP contribution in [0.2, 0.25) is 0 Å². The monoisotopic (exact) mass is 500 g/mol. The fourth-order valence-corrected chi connectivity index (χ4v) is 5.67. The van der Waals surface area contributed by atoms with Gasteiger partial charge in [-0.15, -0.1) is 0 Å². The zero-order valence-electron chi connectivity index (χ0n) is 22.6. The quantitative estimate of drug-likeness (QED) is 0.174. The van der Waals surface area contributed by atoms with Gasteiger partial charge in [-0.25, -0.2) is 0 Å². The predicted octanol–water partition coefficient (Wildman–Crippen LogP) is 7.75. The van der Waals surface area contributed by atoms with E-state index in [4.69, 9.17) is 0 Å². The molecule has 0 saturated heterocycles. The molecule has 4 aromatic rings. The minimum absolute atomic E-state index is 0.0508. The highest BCUT2D eigenvalue weighted by molar-refractivity contribution is 6.04. The van der Waals surface area contributed by atoms with Crippen LogP contribution in [0.4, 0.5) is 5.69 Å². The molecule has 1 aliphatic rings. The highest BCUT2D eigenvalue weighted by atomic mass is 16.1. The molecule has 2 heterocycles. The maximum atomic E-state index is 13.7. The van der Waals surface area contributed by atoms with Gasteiger partial charge in [-0.1, -0.05) is 98.3 Å². The number of anilines is 1. The highest BCUT2D eigenvalue weighted by Gasteiger charge is 2.47. The first-order valence-electron chi connectivity index (χ1n) is 13.6. The molecule has 192 valence electrons. The van der Waals surface area contributed by atoms with E-state index in [9.17, 15) is 4.79 Å². The molecule has 3 heteroatoms. The number of aryl methyl sites for hydroxylation is 1. The number of ketones is 1. The predicted molar refractivity (Wildman–Crippen MR) is 157 cm³/mol. The lowest BCUT2D eigenvalue weighted by molar-refractivity contribution is 0.104. The number of pyridine rings is 1. The standard InChI is InChI=1S/C35H36N2O/c1-26(2)19-21-37-32-18-17-27(3)22-30(32)35(24-28-12-6-4-7-13-28,25-29-14-8-5-9-15-29)34(37)23-33(38)31-16-10-11-20-36-31/h4-18,20,22-23,26H,19,21,24-25H2,1-3H3/b34-23-. The summed E-state index contributed by atoms with van der Waals surface area (Å²) in [4.78, 5) is 20.5. The van der Waals surface area contributed by atoms with Gasteiger partial charge in [0.2, 0.25) is 5.78 Å². The number of carbonyl (C=O) groups is 1. The Balaban J connectivity index is 1.75. The molecule has 0 amide bonds. The Morgan fingerprint density at radius 2 is 1.50 bits per heavy atom. The third-order valence-electron chi connectivity index (χ3n) is 7.55. The van der Waals surface area contributed by atoms with Crippen molar-refractivity contribution in [3.05, 3.63) is 143 Å². The second-order valence-corrected chi connectivity index (χ2v) is 10.9. The molecule has 0 atom stereocenters. The van der Waals surface area contributed by atoms with Crippen LogP contribution in [0.15, 0.2) is 115 Å². The number of hydrogen-bond acceptors (Lipinski definition) is 3. The van der Waals surface area contributed by atoms with E-state index in [0.717, 1.165) is 31.5 Å². The molecular weight excluding hydrogens is 464 g/mol. The minimum atomic E-state index is -0.397. The van der Waals surface area contributed by atoms with Crippen molar-refractivity contribution >= 4 is 11.5 Å². The van der Waals surface area contributed by atoms with Crippen molar-refractivity contribution in [3.8, 4) is 0 Å². The van der Waals surface area contributed by atoms with Crippen LogP contribution in [-0.2, 0) is 18.3 Å². The minimum Gasteiger partial charge on any atom is -0.344 e. The maximum absolute atomic E-state index is 13.7. The molecule has 0 N–H and O–H groups in total. The zero-order chi connectivity index (χ0) is 26.5. The molecular formula is C35H36N2O. The summed E-state index contributed by atoms with van der Waals surface area (Å²) in [5.74, 6) is 0.500. The molecule has 0 spiro atoms. The summed E-state index contributed by atoms with van der Waals surface area (Å²) >= 11 is 0. The SMILES string of the molecule is Cc1ccc2c(c1)C(Cc1ccccc1)(Cc1ccccc1)/C(=C/C(=O)c1ccccn1)N2CCC(C)C. The van der Waals surface area contributed by atoms with Gasteiger partial charge in [0.05, 0.1) is 0 Å². The number of aromatic nitrogens is 1. The van der Waals surface area contributed by atoms with Crippen LogP contribution in [0.3, 0.4) is 0 Å². The van der Waals surface area contributed by atoms with Gasteiger partial charge in [0.15, 0.2) is 0 Å². The maximum Gasteiger partial charge on any atom is 0.205 e. The lowest BCUT2D eigenvalue weighted by atomic mass is 9.70. The molecule has 0 radical (unpaired) electrons. The number of hydrogen-bond donors (Lipinski definition) is 0. The van der Waals surface area contributed by atoms with E-state index in [1.54, 1.807) is 12.3 Å². The summed E-state index contributed by atoms with van der Waals surface area (Å²) in [5.41, 5.74) is 7.42. The summed E-state index contributed by atoms with van der Waals surface area (Å²) < 4.78 is 0. The van der Waals surface area contributed by atoms with Crippen molar-refractivity contribution in [2.45, 2.75) is 45.4 Å². The van der Waals surface area contributed by atoms with Crippen LogP contribution in [0, 0.1) is 12.8 Å². The van der Waals surface area contributed by atoms with Crippen LogP contribution in [0.5, 0.6) is 0 Å². The van der Waals surface area contributed by atoms with E-state index in [0.29, 0.717) is 11.6 Å². The summed E-state index contributed by atoms with van der Waals surface area (Å²) in [6.45, 7) is 7.54. The van der Waals surface area contributed by atoms with Gasteiger partial charge in [-0.05, 0) is 67.0 Å². The van der Waals surface area contributed by atoms with Crippen LogP contribution >= 0.6 is 0 Å². The van der Waals surface area contributed by atoms with Crippen LogP contribution < -0.4 is 4.90 Å². The third kappa shape index (κ3) is 5.33. The van der Waals surface area contributed by atoms with Gasteiger partial charge in [-0.3, -0.25) is 9.78 Å². The Morgan fingerprint density at radius 3 is 2.08 bits per heavy atom. The van der Waals surface area contributed by atoms with E-state index in [1.165, 1.54) is 27.9 Å². The molecule has 1 aromatic heterocycles. The smallest absolute Gasteiger partial charge is 0.205 e. The highest BCUT2D eigenvalue weighted by Crippen LogP contribution is 2.52. The first-order valence-corrected chi connectivity index (χ1v) is 13.6. The lowest BCUT2D eigenvalue weighted by Crippen LogP contribution is -2.37. The zero-order valence-corrected chi connectivity index (χ0v) is 22.6. The number of nitrogens with zero attached hydrogens (tertiary/aromatic N) is 2. The molecule has 3 aromatic carbocycles. The number of fused-ring (bicyclic) bond motifs is 1. The molecule has 1 aliphatic heterocycles. The lowest BCUT2D eigenvalue weighted by Gasteiger charge is -2.35. The van der Waals surface area contributed by atoms with Crippen molar-refractivity contribution in [2.75, 3.05) is 11.4 Å². The van der Waals surface area contributed by atoms with Crippen molar-refractivity contribution < 1.29 is 4.79 Å². The molecule has 0 saturated carbocycles. The Hall–Kier alpha value is -3.98. The van der Waals surface area contributed by atoms with Crippen molar-refractivity contribution in [1.82, 2.24) is 4.98 Å². The fraction of sp³-hybridized carbons (Fsp3) is 0.257. The van der Waals surface area contributed by atoms with Gasteiger partial charge < -0.3 is 4.90 Å². The summed E-state index contributed by atoms with van der Waals surface area (Å²) in [6, 6.07) is 33.7. The van der Waals surface area contributed by atoms with Crippen LogP contribution in [-0.4, -0.2) is 17.3 Å². The van der Waals surface area contributed by atoms with E-state index in [-0.39, 0.29) is 5.78 Å². The molecule has 0 unspecified atom stereocenters. The van der Waals surface area contributed by atoms with Gasteiger partial charge in [0, 0.05) is 35.6 Å². The van der Waals surface area contributed by atoms with E-state index < -0.39 is 5.41 Å².